The zero-order valence-corrected chi connectivity index (χ0v) is 16.5. The lowest BCUT2D eigenvalue weighted by Crippen LogP contribution is -2.37. The number of amides is 1. The first-order valence-electron chi connectivity index (χ1n) is 9.57. The van der Waals surface area contributed by atoms with Crippen LogP contribution in [-0.2, 0) is 24.3 Å². The molecule has 150 valence electrons. The minimum Gasteiger partial charge on any atom is -0.356 e. The molecule has 0 saturated carbocycles. The van der Waals surface area contributed by atoms with Crippen molar-refractivity contribution in [2.75, 3.05) is 18.9 Å². The van der Waals surface area contributed by atoms with Crippen LogP contribution in [0.1, 0.15) is 11.1 Å². The number of aliphatic imine (C=N–C) groups is 1. The van der Waals surface area contributed by atoms with Gasteiger partial charge in [0.25, 0.3) is 0 Å². The van der Waals surface area contributed by atoms with Crippen LogP contribution in [0.5, 0.6) is 0 Å². The number of nitrogens with one attached hydrogen (secondary N) is 3. The molecule has 0 bridgehead atoms. The molecule has 1 amide bonds. The maximum absolute atomic E-state index is 12.1. The van der Waals surface area contributed by atoms with E-state index >= 15 is 0 Å². The van der Waals surface area contributed by atoms with E-state index in [1.54, 1.807) is 30.2 Å². The summed E-state index contributed by atoms with van der Waals surface area (Å²) in [7, 11) is 1.75. The number of aromatic nitrogens is 2. The van der Waals surface area contributed by atoms with E-state index in [-0.39, 0.29) is 12.5 Å². The summed E-state index contributed by atoms with van der Waals surface area (Å²) in [5, 5.41) is 13.6. The van der Waals surface area contributed by atoms with Gasteiger partial charge in [0, 0.05) is 38.2 Å². The van der Waals surface area contributed by atoms with Crippen molar-refractivity contribution >= 4 is 17.6 Å². The highest BCUT2D eigenvalue weighted by molar-refractivity contribution is 5.90. The van der Waals surface area contributed by atoms with Crippen LogP contribution in [-0.4, -0.2) is 35.2 Å². The Kier molecular flexibility index (Phi) is 7.40. The molecule has 7 nitrogen and oxygen atoms in total. The fourth-order valence-corrected chi connectivity index (χ4v) is 2.88. The minimum atomic E-state index is -0.114. The third-order valence-corrected chi connectivity index (χ3v) is 4.31. The van der Waals surface area contributed by atoms with Crippen LogP contribution in [0.15, 0.2) is 78.0 Å². The normalized spacial score (nSPS) is 11.1. The van der Waals surface area contributed by atoms with Crippen LogP contribution in [0, 0.1) is 0 Å². The molecular weight excluding hydrogens is 364 g/mol. The van der Waals surface area contributed by atoms with Gasteiger partial charge < -0.3 is 16.0 Å². The largest absolute Gasteiger partial charge is 0.356 e. The van der Waals surface area contributed by atoms with Crippen LogP contribution in [0.2, 0.25) is 0 Å². The van der Waals surface area contributed by atoms with Crippen molar-refractivity contribution in [1.29, 1.82) is 0 Å². The van der Waals surface area contributed by atoms with Crippen molar-refractivity contribution in [1.82, 2.24) is 20.4 Å². The number of hydrogen-bond donors (Lipinski definition) is 3. The predicted octanol–water partition coefficient (Wildman–Crippen LogP) is 2.43. The van der Waals surface area contributed by atoms with Crippen molar-refractivity contribution in [3.63, 3.8) is 0 Å². The van der Waals surface area contributed by atoms with Gasteiger partial charge in [-0.25, -0.2) is 0 Å². The van der Waals surface area contributed by atoms with Crippen LogP contribution >= 0.6 is 0 Å². The second-order valence-electron chi connectivity index (χ2n) is 6.54. The van der Waals surface area contributed by atoms with E-state index in [2.05, 4.69) is 38.2 Å². The summed E-state index contributed by atoms with van der Waals surface area (Å²) in [6.07, 6.45) is 4.34. The average molecular weight is 390 g/mol. The van der Waals surface area contributed by atoms with Gasteiger partial charge in [0.1, 0.15) is 6.54 Å². The summed E-state index contributed by atoms with van der Waals surface area (Å²) in [6.45, 7) is 1.59. The molecule has 1 heterocycles. The lowest BCUT2D eigenvalue weighted by molar-refractivity contribution is -0.116. The molecule has 0 unspecified atom stereocenters. The fourth-order valence-electron chi connectivity index (χ4n) is 2.88. The smallest absolute Gasteiger partial charge is 0.246 e. The number of anilines is 1. The molecule has 3 aromatic rings. The van der Waals surface area contributed by atoms with E-state index in [0.29, 0.717) is 6.54 Å². The van der Waals surface area contributed by atoms with Crippen molar-refractivity contribution < 1.29 is 4.79 Å². The van der Waals surface area contributed by atoms with Gasteiger partial charge in [-0.2, -0.15) is 5.10 Å². The Morgan fingerprint density at radius 3 is 2.62 bits per heavy atom. The first-order chi connectivity index (χ1) is 14.2. The lowest BCUT2D eigenvalue weighted by Gasteiger charge is -2.13. The van der Waals surface area contributed by atoms with Gasteiger partial charge in [-0.05, 0) is 35.7 Å². The number of carbonyl (C=O) groups is 1. The van der Waals surface area contributed by atoms with Crippen molar-refractivity contribution in [3.8, 4) is 0 Å². The average Bonchev–Trinajstić information content (AvgIpc) is 3.24. The maximum atomic E-state index is 12.1. The van der Waals surface area contributed by atoms with Crippen LogP contribution in [0.3, 0.4) is 0 Å². The molecule has 29 heavy (non-hydrogen) atoms. The van der Waals surface area contributed by atoms with E-state index in [9.17, 15) is 4.79 Å². The highest BCUT2D eigenvalue weighted by Crippen LogP contribution is 2.10. The Labute approximate surface area is 170 Å². The summed E-state index contributed by atoms with van der Waals surface area (Å²) < 4.78 is 1.59. The molecule has 0 radical (unpaired) electrons. The molecule has 0 atom stereocenters. The van der Waals surface area contributed by atoms with Crippen LogP contribution in [0.4, 0.5) is 5.69 Å². The van der Waals surface area contributed by atoms with Gasteiger partial charge in [0.2, 0.25) is 5.91 Å². The molecule has 0 spiro atoms. The number of guanidine groups is 1. The number of benzene rings is 2. The Hall–Kier alpha value is -3.61. The van der Waals surface area contributed by atoms with Gasteiger partial charge in [-0.15, -0.1) is 0 Å². The summed E-state index contributed by atoms with van der Waals surface area (Å²) in [5.41, 5.74) is 3.09. The van der Waals surface area contributed by atoms with Crippen molar-refractivity contribution in [2.45, 2.75) is 19.5 Å². The van der Waals surface area contributed by atoms with E-state index in [1.165, 1.54) is 5.56 Å². The molecule has 2 aromatic carbocycles. The second kappa shape index (κ2) is 10.7. The van der Waals surface area contributed by atoms with Gasteiger partial charge in [-0.1, -0.05) is 42.5 Å². The quantitative estimate of drug-likeness (QED) is 0.407. The topological polar surface area (TPSA) is 83.3 Å². The number of hydrogen-bond acceptors (Lipinski definition) is 3. The molecule has 3 N–H and O–H groups in total. The van der Waals surface area contributed by atoms with Gasteiger partial charge >= 0.3 is 0 Å². The number of carbonyl (C=O) groups excluding carboxylic acids is 1. The minimum absolute atomic E-state index is 0.114. The van der Waals surface area contributed by atoms with Gasteiger partial charge in [0.15, 0.2) is 5.96 Å². The zero-order valence-electron chi connectivity index (χ0n) is 16.5. The lowest BCUT2D eigenvalue weighted by atomic mass is 10.1. The molecule has 0 saturated heterocycles. The Bertz CT molecular complexity index is 921. The van der Waals surface area contributed by atoms with E-state index < -0.39 is 0 Å². The van der Waals surface area contributed by atoms with Crippen molar-refractivity contribution in [3.05, 3.63) is 84.2 Å². The third-order valence-electron chi connectivity index (χ3n) is 4.31. The molecule has 7 heteroatoms. The fraction of sp³-hybridized carbons (Fsp3) is 0.227. The molecule has 0 aliphatic rings. The molecule has 1 aromatic heterocycles. The monoisotopic (exact) mass is 390 g/mol. The SMILES string of the molecule is CN=C(NCCc1ccccc1)NCc1cccc(NC(=O)Cn2cccn2)c1. The molecule has 0 aliphatic carbocycles. The Balaban J connectivity index is 1.45. The molecular formula is C22H26N6O. The second-order valence-corrected chi connectivity index (χ2v) is 6.54. The highest BCUT2D eigenvalue weighted by Gasteiger charge is 2.05. The molecule has 0 fully saturated rings. The number of rotatable bonds is 8. The van der Waals surface area contributed by atoms with E-state index in [0.717, 1.165) is 30.2 Å². The first kappa shape index (κ1) is 20.1. The maximum Gasteiger partial charge on any atom is 0.246 e. The number of nitrogens with zero attached hydrogens (tertiary/aromatic N) is 3. The Morgan fingerprint density at radius 1 is 1.03 bits per heavy atom. The van der Waals surface area contributed by atoms with Crippen LogP contribution < -0.4 is 16.0 Å². The van der Waals surface area contributed by atoms with Gasteiger partial charge in [0.05, 0.1) is 0 Å². The summed E-state index contributed by atoms with van der Waals surface area (Å²) in [5.74, 6) is 0.631. The predicted molar refractivity (Wildman–Crippen MR) is 116 cm³/mol. The summed E-state index contributed by atoms with van der Waals surface area (Å²) in [6, 6.07) is 19.9. The summed E-state index contributed by atoms with van der Waals surface area (Å²) in [4.78, 5) is 16.4. The van der Waals surface area contributed by atoms with Crippen molar-refractivity contribution in [2.24, 2.45) is 4.99 Å². The molecule has 0 aliphatic heterocycles. The van der Waals surface area contributed by atoms with Crippen LogP contribution in [0.25, 0.3) is 0 Å². The Morgan fingerprint density at radius 2 is 1.86 bits per heavy atom. The standard InChI is InChI=1S/C22H26N6O/c1-23-22(24-13-11-18-7-3-2-4-8-18)25-16-19-9-5-10-20(15-19)27-21(29)17-28-14-6-12-26-28/h2-10,12,14-15H,11,13,16-17H2,1H3,(H,27,29)(H2,23,24,25). The molecule has 3 rings (SSSR count). The highest BCUT2D eigenvalue weighted by atomic mass is 16.2. The third kappa shape index (κ3) is 6.80. The van der Waals surface area contributed by atoms with Gasteiger partial charge in [-0.3, -0.25) is 14.5 Å². The van der Waals surface area contributed by atoms with E-state index in [4.69, 9.17) is 0 Å². The summed E-state index contributed by atoms with van der Waals surface area (Å²) >= 11 is 0. The zero-order chi connectivity index (χ0) is 20.3. The first-order valence-corrected chi connectivity index (χ1v) is 9.57. The van der Waals surface area contributed by atoms with E-state index in [1.807, 2.05) is 42.5 Å².